The van der Waals surface area contributed by atoms with Gasteiger partial charge in [0.15, 0.2) is 0 Å². The SMILES string of the molecule is N[C@H]1CSc2nnc(nn2)SC[C@@H](C(=O)O)NC(=O)CNC1=O. The number of amides is 2. The molecule has 1 aromatic rings. The quantitative estimate of drug-likeness (QED) is 0.416. The first kappa shape index (κ1) is 17.4. The van der Waals surface area contributed by atoms with Gasteiger partial charge in [0, 0.05) is 11.5 Å². The van der Waals surface area contributed by atoms with Crippen LogP contribution in [0.15, 0.2) is 10.3 Å². The first-order valence-electron chi connectivity index (χ1n) is 6.34. The first-order valence-corrected chi connectivity index (χ1v) is 8.31. The number of nitrogens with two attached hydrogens (primary N) is 1. The van der Waals surface area contributed by atoms with Gasteiger partial charge in [0.05, 0.1) is 12.6 Å². The number of aromatic nitrogens is 4. The number of nitrogens with one attached hydrogen (secondary N) is 2. The zero-order valence-corrected chi connectivity index (χ0v) is 13.3. The molecule has 11 nitrogen and oxygen atoms in total. The van der Waals surface area contributed by atoms with Crippen LogP contribution in [0.3, 0.4) is 0 Å². The maximum atomic E-state index is 11.7. The van der Waals surface area contributed by atoms with E-state index in [9.17, 15) is 14.4 Å². The van der Waals surface area contributed by atoms with Gasteiger partial charge in [-0.3, -0.25) is 9.59 Å². The van der Waals surface area contributed by atoms with Crippen LogP contribution in [0, 0.1) is 0 Å². The molecule has 3 heterocycles. The van der Waals surface area contributed by atoms with Crippen LogP contribution < -0.4 is 16.4 Å². The molecule has 0 saturated heterocycles. The van der Waals surface area contributed by atoms with Crippen molar-refractivity contribution in [3.05, 3.63) is 0 Å². The number of carboxylic acid groups (broad SMARTS) is 1. The van der Waals surface area contributed by atoms with E-state index in [1.807, 2.05) is 0 Å². The van der Waals surface area contributed by atoms with Crippen molar-refractivity contribution in [2.45, 2.75) is 22.4 Å². The van der Waals surface area contributed by atoms with E-state index in [0.717, 1.165) is 23.5 Å². The summed E-state index contributed by atoms with van der Waals surface area (Å²) in [7, 11) is 0. The Morgan fingerprint density at radius 1 is 1.13 bits per heavy atom. The maximum absolute atomic E-state index is 11.7. The summed E-state index contributed by atoms with van der Waals surface area (Å²) < 4.78 is 0. The Bertz CT molecular complexity index is 599. The van der Waals surface area contributed by atoms with Crippen molar-refractivity contribution >= 4 is 41.3 Å². The number of aliphatic carboxylic acids is 1. The van der Waals surface area contributed by atoms with Crippen LogP contribution in [0.5, 0.6) is 0 Å². The molecule has 0 unspecified atom stereocenters. The highest BCUT2D eigenvalue weighted by Gasteiger charge is 2.23. The van der Waals surface area contributed by atoms with E-state index in [1.54, 1.807) is 0 Å². The van der Waals surface area contributed by atoms with Crippen molar-refractivity contribution in [1.29, 1.82) is 0 Å². The van der Waals surface area contributed by atoms with E-state index in [4.69, 9.17) is 10.8 Å². The fourth-order valence-electron chi connectivity index (χ4n) is 1.44. The summed E-state index contributed by atoms with van der Waals surface area (Å²) >= 11 is 2.10. The van der Waals surface area contributed by atoms with Gasteiger partial charge in [0.25, 0.3) is 0 Å². The van der Waals surface area contributed by atoms with Crippen LogP contribution in [0.1, 0.15) is 0 Å². The molecule has 0 saturated carbocycles. The number of hydrogen-bond donors (Lipinski definition) is 4. The standard InChI is InChI=1S/C10H13N7O4S2/c11-4-2-22-9-14-16-10(17-15-9)23-3-5(8(20)21)13-6(18)1-12-7(4)19/h4-5H,1-3,11H2,(H,12,19)(H,13,18)(H,20,21)/t4-,5-/m0/s1. The van der Waals surface area contributed by atoms with E-state index in [1.165, 1.54) is 0 Å². The van der Waals surface area contributed by atoms with Gasteiger partial charge in [-0.05, 0) is 0 Å². The maximum Gasteiger partial charge on any atom is 0.327 e. The second-order valence-electron chi connectivity index (χ2n) is 4.37. The van der Waals surface area contributed by atoms with Gasteiger partial charge in [-0.1, -0.05) is 23.5 Å². The van der Waals surface area contributed by atoms with Gasteiger partial charge in [0.2, 0.25) is 22.1 Å². The number of fused-ring (bicyclic) bond motifs is 12. The molecule has 0 radical (unpaired) electrons. The van der Waals surface area contributed by atoms with Crippen LogP contribution in [0.25, 0.3) is 0 Å². The lowest BCUT2D eigenvalue weighted by atomic mass is 10.3. The molecule has 13 heteroatoms. The number of thioether (sulfide) groups is 2. The van der Waals surface area contributed by atoms with Gasteiger partial charge >= 0.3 is 5.97 Å². The van der Waals surface area contributed by atoms with Crippen molar-refractivity contribution in [3.63, 3.8) is 0 Å². The molecule has 23 heavy (non-hydrogen) atoms. The highest BCUT2D eigenvalue weighted by atomic mass is 32.2. The molecule has 0 aliphatic carbocycles. The molecule has 2 bridgehead atoms. The third-order valence-corrected chi connectivity index (χ3v) is 4.48. The summed E-state index contributed by atoms with van der Waals surface area (Å²) in [6, 6.07) is -2.05. The summed E-state index contributed by atoms with van der Waals surface area (Å²) in [4.78, 5) is 34.6. The molecule has 0 fully saturated rings. The van der Waals surface area contributed by atoms with Crippen LogP contribution >= 0.6 is 23.5 Å². The Hall–Kier alpha value is -1.99. The lowest BCUT2D eigenvalue weighted by Crippen LogP contribution is -2.49. The summed E-state index contributed by atoms with van der Waals surface area (Å²) in [6.07, 6.45) is 0. The van der Waals surface area contributed by atoms with Crippen LogP contribution in [0.4, 0.5) is 0 Å². The highest BCUT2D eigenvalue weighted by molar-refractivity contribution is 7.99. The summed E-state index contributed by atoms with van der Waals surface area (Å²) in [5.74, 6) is -2.22. The van der Waals surface area contributed by atoms with E-state index in [-0.39, 0.29) is 28.4 Å². The molecule has 1 aromatic heterocycles. The first-order chi connectivity index (χ1) is 11.0. The Morgan fingerprint density at radius 3 is 2.26 bits per heavy atom. The minimum atomic E-state index is -1.22. The van der Waals surface area contributed by atoms with E-state index in [0.29, 0.717) is 0 Å². The Labute approximate surface area is 138 Å². The van der Waals surface area contributed by atoms with Gasteiger partial charge < -0.3 is 21.5 Å². The van der Waals surface area contributed by atoms with Gasteiger partial charge in [0.1, 0.15) is 6.04 Å². The minimum Gasteiger partial charge on any atom is -0.480 e. The monoisotopic (exact) mass is 359 g/mol. The molecular weight excluding hydrogens is 346 g/mol. The van der Waals surface area contributed by atoms with Gasteiger partial charge in [-0.15, -0.1) is 20.4 Å². The predicted octanol–water partition coefficient (Wildman–Crippen LogP) is -2.52. The predicted molar refractivity (Wildman–Crippen MR) is 79.6 cm³/mol. The van der Waals surface area contributed by atoms with Crippen LogP contribution in [-0.4, -0.2) is 73.4 Å². The highest BCUT2D eigenvalue weighted by Crippen LogP contribution is 2.15. The zero-order chi connectivity index (χ0) is 16.8. The van der Waals surface area contributed by atoms with Gasteiger partial charge in [-0.2, -0.15) is 0 Å². The molecule has 124 valence electrons. The number of carbonyl (C=O) groups is 3. The number of carboxylic acids is 1. The van der Waals surface area contributed by atoms with Crippen LogP contribution in [0.2, 0.25) is 0 Å². The Morgan fingerprint density at radius 2 is 1.70 bits per heavy atom. The topological polar surface area (TPSA) is 173 Å². The Balaban J connectivity index is 2.15. The largest absolute Gasteiger partial charge is 0.480 e. The minimum absolute atomic E-state index is 0.00954. The van der Waals surface area contributed by atoms with Gasteiger partial charge in [-0.25, -0.2) is 4.79 Å². The molecular formula is C10H13N7O4S2. The molecule has 2 aliphatic heterocycles. The van der Waals surface area contributed by atoms with E-state index in [2.05, 4.69) is 31.0 Å². The fraction of sp³-hybridized carbons (Fsp3) is 0.500. The summed E-state index contributed by atoms with van der Waals surface area (Å²) in [5.41, 5.74) is 5.68. The average molecular weight is 359 g/mol. The van der Waals surface area contributed by atoms with Crippen molar-refractivity contribution in [3.8, 4) is 0 Å². The molecule has 2 amide bonds. The molecule has 2 atom stereocenters. The summed E-state index contributed by atoms with van der Waals surface area (Å²) in [5, 5.41) is 29.4. The second-order valence-corrected chi connectivity index (χ2v) is 6.34. The fourth-order valence-corrected chi connectivity index (χ4v) is 2.86. The zero-order valence-electron chi connectivity index (χ0n) is 11.6. The third kappa shape index (κ3) is 5.30. The molecule has 0 spiro atoms. The molecule has 5 N–H and O–H groups in total. The van der Waals surface area contributed by atoms with Crippen LogP contribution in [-0.2, 0) is 14.4 Å². The van der Waals surface area contributed by atoms with E-state index < -0.39 is 29.9 Å². The normalized spacial score (nSPS) is 23.3. The number of carbonyl (C=O) groups excluding carboxylic acids is 2. The third-order valence-electron chi connectivity index (χ3n) is 2.61. The van der Waals surface area contributed by atoms with Crippen molar-refractivity contribution in [2.75, 3.05) is 18.1 Å². The Kier molecular flexibility index (Phi) is 6.06. The lowest BCUT2D eigenvalue weighted by molar-refractivity contribution is -0.141. The molecule has 0 aromatic carbocycles. The number of rotatable bonds is 1. The number of nitrogens with zero attached hydrogens (tertiary/aromatic N) is 4. The molecule has 2 aliphatic rings. The molecule has 3 rings (SSSR count). The van der Waals surface area contributed by atoms with Crippen molar-refractivity contribution in [1.82, 2.24) is 31.0 Å². The van der Waals surface area contributed by atoms with E-state index >= 15 is 0 Å². The van der Waals surface area contributed by atoms with Crippen molar-refractivity contribution in [2.24, 2.45) is 5.73 Å². The summed E-state index contributed by atoms with van der Waals surface area (Å²) in [6.45, 7) is -0.359. The number of hydrogen-bond acceptors (Lipinski definition) is 10. The second kappa shape index (κ2) is 8.03. The smallest absolute Gasteiger partial charge is 0.327 e. The van der Waals surface area contributed by atoms with Crippen molar-refractivity contribution < 1.29 is 19.5 Å². The lowest BCUT2D eigenvalue weighted by Gasteiger charge is -2.14. The average Bonchev–Trinajstić information content (AvgIpc) is 2.54.